The van der Waals surface area contributed by atoms with E-state index >= 15 is 0 Å². The summed E-state index contributed by atoms with van der Waals surface area (Å²) in [5.74, 6) is -0.991. The molecule has 2 aromatic rings. The predicted molar refractivity (Wildman–Crippen MR) is 126 cm³/mol. The molecular formula is C27H30N2O5. The van der Waals surface area contributed by atoms with E-state index in [2.05, 4.69) is 34.9 Å². The van der Waals surface area contributed by atoms with Crippen molar-refractivity contribution in [3.63, 3.8) is 0 Å². The molecule has 7 heteroatoms. The first-order valence-electron chi connectivity index (χ1n) is 12.1. The molecule has 178 valence electrons. The van der Waals surface area contributed by atoms with Gasteiger partial charge in [-0.3, -0.25) is 4.79 Å². The lowest BCUT2D eigenvalue weighted by atomic mass is 9.78. The molecule has 7 nitrogen and oxygen atoms in total. The summed E-state index contributed by atoms with van der Waals surface area (Å²) in [7, 11) is 0. The van der Waals surface area contributed by atoms with E-state index in [1.165, 1.54) is 22.3 Å². The number of hydrogen-bond acceptors (Lipinski definition) is 4. The molecule has 2 aromatic carbocycles. The van der Waals surface area contributed by atoms with Crippen molar-refractivity contribution in [2.45, 2.75) is 62.4 Å². The van der Waals surface area contributed by atoms with Crippen LogP contribution in [0.25, 0.3) is 11.1 Å². The molecule has 0 unspecified atom stereocenters. The van der Waals surface area contributed by atoms with Crippen LogP contribution in [0.5, 0.6) is 0 Å². The summed E-state index contributed by atoms with van der Waals surface area (Å²) >= 11 is 0. The number of amides is 2. The standard InChI is InChI=1S/C27H30N2O5/c30-24(29-27(25(31)32)11-5-6-12-27)15-17-13-18(14-17)28-26(33)34-16-23-21-9-3-1-7-19(21)20-8-2-4-10-22(20)23/h1-4,7-10,17-18,23H,5-6,11-16H2,(H,28,33)(H,29,30)(H,31,32). The topological polar surface area (TPSA) is 105 Å². The quantitative estimate of drug-likeness (QED) is 0.572. The number of carboxylic acids is 1. The van der Waals surface area contributed by atoms with Gasteiger partial charge >= 0.3 is 12.1 Å². The molecule has 0 radical (unpaired) electrons. The minimum Gasteiger partial charge on any atom is -0.480 e. The maximum atomic E-state index is 12.4. The molecule has 2 amide bonds. The third-order valence-corrected chi connectivity index (χ3v) is 7.62. The van der Waals surface area contributed by atoms with Gasteiger partial charge in [0.05, 0.1) is 0 Å². The maximum absolute atomic E-state index is 12.4. The fraction of sp³-hybridized carbons (Fsp3) is 0.444. The van der Waals surface area contributed by atoms with Crippen molar-refractivity contribution in [3.8, 4) is 11.1 Å². The zero-order chi connectivity index (χ0) is 23.7. The minimum atomic E-state index is -1.10. The highest BCUT2D eigenvalue weighted by atomic mass is 16.5. The van der Waals surface area contributed by atoms with Crippen molar-refractivity contribution in [1.29, 1.82) is 0 Å². The first-order valence-corrected chi connectivity index (χ1v) is 12.1. The fourth-order valence-electron chi connectivity index (χ4n) is 5.78. The van der Waals surface area contributed by atoms with E-state index in [1.54, 1.807) is 0 Å². The molecular weight excluding hydrogens is 432 g/mol. The summed E-state index contributed by atoms with van der Waals surface area (Å²) in [6.45, 7) is 0.273. The third kappa shape index (κ3) is 4.27. The van der Waals surface area contributed by atoms with Crippen LogP contribution < -0.4 is 10.6 Å². The van der Waals surface area contributed by atoms with Crippen molar-refractivity contribution in [2.24, 2.45) is 5.92 Å². The van der Waals surface area contributed by atoms with E-state index in [0.717, 1.165) is 12.8 Å². The summed E-state index contributed by atoms with van der Waals surface area (Å²) in [5.41, 5.74) is 3.63. The highest BCUT2D eigenvalue weighted by Crippen LogP contribution is 2.44. The number of ether oxygens (including phenoxy) is 1. The Kier molecular flexibility index (Phi) is 6.02. The average Bonchev–Trinajstić information content (AvgIpc) is 3.40. The Balaban J connectivity index is 1.08. The van der Waals surface area contributed by atoms with Gasteiger partial charge in [-0.1, -0.05) is 61.4 Å². The fourth-order valence-corrected chi connectivity index (χ4v) is 5.78. The van der Waals surface area contributed by atoms with Crippen LogP contribution in [0.3, 0.4) is 0 Å². The van der Waals surface area contributed by atoms with Crippen molar-refractivity contribution in [3.05, 3.63) is 59.7 Å². The number of rotatable bonds is 7. The van der Waals surface area contributed by atoms with Crippen LogP contribution in [0.1, 0.15) is 62.0 Å². The number of benzene rings is 2. The second-order valence-electron chi connectivity index (χ2n) is 9.85. The number of nitrogens with one attached hydrogen (secondary N) is 2. The van der Waals surface area contributed by atoms with E-state index in [9.17, 15) is 19.5 Å². The van der Waals surface area contributed by atoms with Gasteiger partial charge in [0, 0.05) is 18.4 Å². The lowest BCUT2D eigenvalue weighted by molar-refractivity contribution is -0.147. The monoisotopic (exact) mass is 462 g/mol. The zero-order valence-corrected chi connectivity index (χ0v) is 19.1. The van der Waals surface area contributed by atoms with Crippen LogP contribution in [-0.4, -0.2) is 41.3 Å². The van der Waals surface area contributed by atoms with E-state index in [-0.39, 0.29) is 36.8 Å². The summed E-state index contributed by atoms with van der Waals surface area (Å²) in [4.78, 5) is 36.4. The highest BCUT2D eigenvalue weighted by molar-refractivity contribution is 5.87. The maximum Gasteiger partial charge on any atom is 0.407 e. The molecule has 0 aromatic heterocycles. The number of alkyl carbamates (subject to hydrolysis) is 1. The molecule has 3 aliphatic carbocycles. The second kappa shape index (κ2) is 9.12. The Hall–Kier alpha value is -3.35. The first kappa shape index (κ1) is 22.4. The highest BCUT2D eigenvalue weighted by Gasteiger charge is 2.43. The van der Waals surface area contributed by atoms with Gasteiger partial charge in [0.15, 0.2) is 0 Å². The summed E-state index contributed by atoms with van der Waals surface area (Å²) in [5, 5.41) is 15.2. The molecule has 2 fully saturated rings. The largest absolute Gasteiger partial charge is 0.480 e. The van der Waals surface area contributed by atoms with E-state index < -0.39 is 17.6 Å². The van der Waals surface area contributed by atoms with Crippen molar-refractivity contribution in [2.75, 3.05) is 6.61 Å². The van der Waals surface area contributed by atoms with Gasteiger partial charge in [-0.25, -0.2) is 9.59 Å². The lowest BCUT2D eigenvalue weighted by Crippen LogP contribution is -2.53. The smallest absolute Gasteiger partial charge is 0.407 e. The van der Waals surface area contributed by atoms with Crippen LogP contribution in [0.15, 0.2) is 48.5 Å². The van der Waals surface area contributed by atoms with Crippen LogP contribution >= 0.6 is 0 Å². The number of fused-ring (bicyclic) bond motifs is 3. The van der Waals surface area contributed by atoms with Gasteiger partial charge in [-0.15, -0.1) is 0 Å². The van der Waals surface area contributed by atoms with E-state index in [1.807, 2.05) is 24.3 Å². The molecule has 0 aliphatic heterocycles. The molecule has 0 atom stereocenters. The third-order valence-electron chi connectivity index (χ3n) is 7.62. The molecule has 0 saturated heterocycles. The Morgan fingerprint density at radius 1 is 0.941 bits per heavy atom. The lowest BCUT2D eigenvalue weighted by Gasteiger charge is -2.36. The summed E-state index contributed by atoms with van der Waals surface area (Å²) < 4.78 is 5.60. The number of hydrogen-bond donors (Lipinski definition) is 3. The van der Waals surface area contributed by atoms with Gasteiger partial charge in [0.25, 0.3) is 0 Å². The Morgan fingerprint density at radius 3 is 2.12 bits per heavy atom. The van der Waals surface area contributed by atoms with Crippen LogP contribution in [0.4, 0.5) is 4.79 Å². The van der Waals surface area contributed by atoms with Gasteiger partial charge in [0.2, 0.25) is 5.91 Å². The number of carbonyl (C=O) groups excluding carboxylic acids is 2. The second-order valence-corrected chi connectivity index (χ2v) is 9.85. The Labute approximate surface area is 198 Å². The molecule has 0 spiro atoms. The summed E-state index contributed by atoms with van der Waals surface area (Å²) in [6.07, 6.45) is 3.86. The Bertz CT molecular complexity index is 1060. The summed E-state index contributed by atoms with van der Waals surface area (Å²) in [6, 6.07) is 16.4. The molecule has 34 heavy (non-hydrogen) atoms. The molecule has 3 N–H and O–H groups in total. The minimum absolute atomic E-state index is 0.0200. The normalized spacial score (nSPS) is 22.2. The molecule has 5 rings (SSSR count). The van der Waals surface area contributed by atoms with Gasteiger partial charge in [-0.2, -0.15) is 0 Å². The van der Waals surface area contributed by atoms with Crippen LogP contribution in [-0.2, 0) is 14.3 Å². The van der Waals surface area contributed by atoms with Crippen molar-refractivity contribution < 1.29 is 24.2 Å². The van der Waals surface area contributed by atoms with Gasteiger partial charge in [0.1, 0.15) is 12.1 Å². The molecule has 2 saturated carbocycles. The van der Waals surface area contributed by atoms with E-state index in [4.69, 9.17) is 4.74 Å². The van der Waals surface area contributed by atoms with Gasteiger partial charge in [-0.05, 0) is 53.9 Å². The van der Waals surface area contributed by atoms with Crippen LogP contribution in [0.2, 0.25) is 0 Å². The van der Waals surface area contributed by atoms with Crippen LogP contribution in [0, 0.1) is 5.92 Å². The Morgan fingerprint density at radius 2 is 1.53 bits per heavy atom. The van der Waals surface area contributed by atoms with E-state index in [0.29, 0.717) is 25.7 Å². The average molecular weight is 463 g/mol. The first-order chi connectivity index (χ1) is 16.4. The number of carbonyl (C=O) groups is 3. The van der Waals surface area contributed by atoms with Gasteiger partial charge < -0.3 is 20.5 Å². The number of aliphatic carboxylic acids is 1. The molecule has 3 aliphatic rings. The molecule has 0 heterocycles. The molecule has 0 bridgehead atoms. The zero-order valence-electron chi connectivity index (χ0n) is 19.1. The number of carboxylic acid groups (broad SMARTS) is 1. The SMILES string of the molecule is O=C(CC1CC(NC(=O)OCC2c3ccccc3-c3ccccc32)C1)NC1(C(=O)O)CCCC1. The predicted octanol–water partition coefficient (Wildman–Crippen LogP) is 4.21. The van der Waals surface area contributed by atoms with Crippen molar-refractivity contribution in [1.82, 2.24) is 10.6 Å². The van der Waals surface area contributed by atoms with Crippen molar-refractivity contribution >= 4 is 18.0 Å².